The SMILES string of the molecule is O=Cc1c(OCO)ccc2ccccc12. The highest BCUT2D eigenvalue weighted by atomic mass is 16.6. The number of carbonyl (C=O) groups is 1. The first-order chi connectivity index (χ1) is 7.36. The van der Waals surface area contributed by atoms with Gasteiger partial charge in [0.05, 0.1) is 5.56 Å². The maximum Gasteiger partial charge on any atom is 0.186 e. The molecule has 0 aliphatic heterocycles. The summed E-state index contributed by atoms with van der Waals surface area (Å²) in [6, 6.07) is 11.1. The Morgan fingerprint density at radius 3 is 2.73 bits per heavy atom. The molecule has 0 bridgehead atoms. The molecule has 2 aromatic rings. The third-order valence-electron chi connectivity index (χ3n) is 2.27. The Labute approximate surface area is 86.9 Å². The van der Waals surface area contributed by atoms with Crippen molar-refractivity contribution in [2.45, 2.75) is 0 Å². The lowest BCUT2D eigenvalue weighted by atomic mass is 10.0. The van der Waals surface area contributed by atoms with Gasteiger partial charge < -0.3 is 9.84 Å². The Bertz CT molecular complexity index is 491. The Kier molecular flexibility index (Phi) is 2.65. The number of fused-ring (bicyclic) bond motifs is 1. The van der Waals surface area contributed by atoms with Crippen LogP contribution in [0.4, 0.5) is 0 Å². The molecule has 0 aliphatic rings. The van der Waals surface area contributed by atoms with E-state index in [0.29, 0.717) is 11.3 Å². The number of aldehydes is 1. The van der Waals surface area contributed by atoms with Crippen LogP contribution in [0.2, 0.25) is 0 Å². The highest BCUT2D eigenvalue weighted by molar-refractivity contribution is 6.00. The van der Waals surface area contributed by atoms with Crippen molar-refractivity contribution in [1.29, 1.82) is 0 Å². The van der Waals surface area contributed by atoms with E-state index in [1.165, 1.54) is 0 Å². The smallest absolute Gasteiger partial charge is 0.186 e. The number of rotatable bonds is 3. The minimum absolute atomic E-state index is 0.409. The highest BCUT2D eigenvalue weighted by Crippen LogP contribution is 2.26. The molecule has 0 saturated heterocycles. The molecule has 0 radical (unpaired) electrons. The van der Waals surface area contributed by atoms with E-state index in [1.807, 2.05) is 30.3 Å². The first-order valence-corrected chi connectivity index (χ1v) is 4.57. The van der Waals surface area contributed by atoms with Crippen LogP contribution >= 0.6 is 0 Å². The molecule has 3 heteroatoms. The molecule has 0 fully saturated rings. The minimum Gasteiger partial charge on any atom is -0.467 e. The number of benzene rings is 2. The topological polar surface area (TPSA) is 46.5 Å². The van der Waals surface area contributed by atoms with Crippen LogP contribution < -0.4 is 4.74 Å². The second kappa shape index (κ2) is 4.11. The van der Waals surface area contributed by atoms with Crippen molar-refractivity contribution in [2.75, 3.05) is 6.79 Å². The normalized spacial score (nSPS) is 10.2. The van der Waals surface area contributed by atoms with E-state index in [1.54, 1.807) is 6.07 Å². The summed E-state index contributed by atoms with van der Waals surface area (Å²) >= 11 is 0. The third kappa shape index (κ3) is 1.69. The van der Waals surface area contributed by atoms with E-state index in [0.717, 1.165) is 17.1 Å². The number of aliphatic hydroxyl groups excluding tert-OH is 1. The maximum atomic E-state index is 11.0. The van der Waals surface area contributed by atoms with Crippen LogP contribution in [-0.2, 0) is 0 Å². The zero-order valence-corrected chi connectivity index (χ0v) is 8.01. The Morgan fingerprint density at radius 1 is 1.20 bits per heavy atom. The van der Waals surface area contributed by atoms with Crippen molar-refractivity contribution in [2.24, 2.45) is 0 Å². The van der Waals surface area contributed by atoms with Crippen molar-refractivity contribution in [3.05, 3.63) is 42.0 Å². The van der Waals surface area contributed by atoms with Crippen LogP contribution in [0.1, 0.15) is 10.4 Å². The molecule has 3 nitrogen and oxygen atoms in total. The van der Waals surface area contributed by atoms with Gasteiger partial charge in [-0.05, 0) is 16.8 Å². The number of hydrogen-bond acceptors (Lipinski definition) is 3. The third-order valence-corrected chi connectivity index (χ3v) is 2.27. The first kappa shape index (κ1) is 9.68. The Hall–Kier alpha value is -1.87. The molecule has 0 atom stereocenters. The fraction of sp³-hybridized carbons (Fsp3) is 0.0833. The number of carbonyl (C=O) groups excluding carboxylic acids is 1. The van der Waals surface area contributed by atoms with E-state index in [9.17, 15) is 4.79 Å². The summed E-state index contributed by atoms with van der Waals surface area (Å²) in [5.74, 6) is 0.409. The summed E-state index contributed by atoms with van der Waals surface area (Å²) < 4.78 is 4.96. The van der Waals surface area contributed by atoms with Gasteiger partial charge in [0.1, 0.15) is 5.75 Å². The summed E-state index contributed by atoms with van der Waals surface area (Å²) in [5.41, 5.74) is 0.474. The van der Waals surface area contributed by atoms with Crippen LogP contribution in [0.15, 0.2) is 36.4 Å². The van der Waals surface area contributed by atoms with E-state index in [4.69, 9.17) is 9.84 Å². The van der Waals surface area contributed by atoms with Crippen molar-refractivity contribution in [3.8, 4) is 5.75 Å². The second-order valence-electron chi connectivity index (χ2n) is 3.09. The van der Waals surface area contributed by atoms with Gasteiger partial charge in [0.2, 0.25) is 0 Å². The van der Waals surface area contributed by atoms with Gasteiger partial charge in [0.15, 0.2) is 13.1 Å². The summed E-state index contributed by atoms with van der Waals surface area (Å²) in [4.78, 5) is 11.0. The average molecular weight is 202 g/mol. The second-order valence-corrected chi connectivity index (χ2v) is 3.09. The van der Waals surface area contributed by atoms with E-state index in [-0.39, 0.29) is 0 Å². The molecule has 76 valence electrons. The monoisotopic (exact) mass is 202 g/mol. The lowest BCUT2D eigenvalue weighted by Gasteiger charge is -2.07. The first-order valence-electron chi connectivity index (χ1n) is 4.57. The Morgan fingerprint density at radius 2 is 2.00 bits per heavy atom. The molecule has 15 heavy (non-hydrogen) atoms. The van der Waals surface area contributed by atoms with Crippen molar-refractivity contribution >= 4 is 17.1 Å². The van der Waals surface area contributed by atoms with Crippen molar-refractivity contribution in [3.63, 3.8) is 0 Å². The quantitative estimate of drug-likeness (QED) is 0.611. The number of ether oxygens (including phenoxy) is 1. The largest absolute Gasteiger partial charge is 0.467 e. The molecular weight excluding hydrogens is 192 g/mol. The van der Waals surface area contributed by atoms with Crippen LogP contribution in [0, 0.1) is 0 Å². The molecule has 0 saturated carbocycles. The van der Waals surface area contributed by atoms with Crippen LogP contribution in [0.25, 0.3) is 10.8 Å². The van der Waals surface area contributed by atoms with Crippen molar-refractivity contribution < 1.29 is 14.6 Å². The van der Waals surface area contributed by atoms with E-state index in [2.05, 4.69) is 0 Å². The predicted octanol–water partition coefficient (Wildman–Crippen LogP) is 1.98. The molecule has 0 aliphatic carbocycles. The molecule has 0 aromatic heterocycles. The summed E-state index contributed by atoms with van der Waals surface area (Å²) in [6.07, 6.45) is 0.743. The van der Waals surface area contributed by atoms with Crippen LogP contribution in [0.5, 0.6) is 5.75 Å². The minimum atomic E-state index is -0.431. The molecule has 2 rings (SSSR count). The molecule has 0 unspecified atom stereocenters. The molecule has 0 spiro atoms. The van der Waals surface area contributed by atoms with Gasteiger partial charge in [-0.25, -0.2) is 0 Å². The lowest BCUT2D eigenvalue weighted by Crippen LogP contribution is -1.98. The van der Waals surface area contributed by atoms with Crippen molar-refractivity contribution in [1.82, 2.24) is 0 Å². The lowest BCUT2D eigenvalue weighted by molar-refractivity contribution is 0.0961. The van der Waals surface area contributed by atoms with Crippen LogP contribution in [-0.4, -0.2) is 18.2 Å². The van der Waals surface area contributed by atoms with Crippen LogP contribution in [0.3, 0.4) is 0 Å². The van der Waals surface area contributed by atoms with Gasteiger partial charge >= 0.3 is 0 Å². The van der Waals surface area contributed by atoms with Gasteiger partial charge in [0, 0.05) is 0 Å². The standard InChI is InChI=1S/C12H10O3/c13-7-11-10-4-2-1-3-9(10)5-6-12(11)15-8-14/h1-7,14H,8H2. The predicted molar refractivity (Wildman–Crippen MR) is 57.0 cm³/mol. The molecule has 1 N–H and O–H groups in total. The molecule has 0 heterocycles. The maximum absolute atomic E-state index is 11.0. The molecule has 2 aromatic carbocycles. The van der Waals surface area contributed by atoms with Gasteiger partial charge in [0.25, 0.3) is 0 Å². The van der Waals surface area contributed by atoms with Gasteiger partial charge in [-0.2, -0.15) is 0 Å². The molecule has 0 amide bonds. The van der Waals surface area contributed by atoms with Gasteiger partial charge in [-0.15, -0.1) is 0 Å². The fourth-order valence-electron chi connectivity index (χ4n) is 1.59. The summed E-state index contributed by atoms with van der Waals surface area (Å²) in [5, 5.41) is 10.5. The fourth-order valence-corrected chi connectivity index (χ4v) is 1.59. The molecular formula is C12H10O3. The van der Waals surface area contributed by atoms with E-state index >= 15 is 0 Å². The van der Waals surface area contributed by atoms with E-state index < -0.39 is 6.79 Å². The van der Waals surface area contributed by atoms with Gasteiger partial charge in [-0.1, -0.05) is 30.3 Å². The zero-order valence-electron chi connectivity index (χ0n) is 8.01. The summed E-state index contributed by atoms with van der Waals surface area (Å²) in [6.45, 7) is -0.431. The van der Waals surface area contributed by atoms with Gasteiger partial charge in [-0.3, -0.25) is 4.79 Å². The highest BCUT2D eigenvalue weighted by Gasteiger charge is 2.06. The Balaban J connectivity index is 2.69. The number of hydrogen-bond donors (Lipinski definition) is 1. The zero-order chi connectivity index (χ0) is 10.7. The number of aliphatic hydroxyl groups is 1. The summed E-state index contributed by atoms with van der Waals surface area (Å²) in [7, 11) is 0. The average Bonchev–Trinajstić information content (AvgIpc) is 2.29.